The van der Waals surface area contributed by atoms with E-state index in [4.69, 9.17) is 16.0 Å². The number of aryl methyl sites for hydroxylation is 1. The summed E-state index contributed by atoms with van der Waals surface area (Å²) in [7, 11) is 0. The molecule has 4 aliphatic rings. The molecule has 4 fully saturated rings. The summed E-state index contributed by atoms with van der Waals surface area (Å²) in [4.78, 5) is 17.0. The van der Waals surface area contributed by atoms with Crippen molar-refractivity contribution in [1.29, 1.82) is 0 Å². The fraction of sp³-hybridized carbons (Fsp3) is 0.742. The maximum atomic E-state index is 12.4. The van der Waals surface area contributed by atoms with E-state index in [1.165, 1.54) is 51.4 Å². The molecule has 0 bridgehead atoms. The quantitative estimate of drug-likeness (QED) is 0.452. The van der Waals surface area contributed by atoms with Crippen molar-refractivity contribution >= 4 is 22.5 Å². The van der Waals surface area contributed by atoms with E-state index in [0.717, 1.165) is 25.2 Å². The molecule has 0 spiro atoms. The van der Waals surface area contributed by atoms with Gasteiger partial charge in [-0.2, -0.15) is 0 Å². The zero-order valence-electron chi connectivity index (χ0n) is 21.3. The summed E-state index contributed by atoms with van der Waals surface area (Å²) in [6.07, 6.45) is 14.2. The van der Waals surface area contributed by atoms with Crippen molar-refractivity contribution in [1.82, 2.24) is 4.98 Å². The highest BCUT2D eigenvalue weighted by Crippen LogP contribution is 2.67. The van der Waals surface area contributed by atoms with E-state index >= 15 is 0 Å². The van der Waals surface area contributed by atoms with Crippen molar-refractivity contribution in [2.24, 2.45) is 40.4 Å². The molecule has 8 unspecified atom stereocenters. The van der Waals surface area contributed by atoms with E-state index in [9.17, 15) is 9.90 Å². The molecule has 5 heteroatoms. The number of hydrogen-bond acceptors (Lipinski definition) is 4. The van der Waals surface area contributed by atoms with Crippen molar-refractivity contribution in [3.8, 4) is 0 Å². The van der Waals surface area contributed by atoms with Gasteiger partial charge in [-0.15, -0.1) is 0 Å². The van der Waals surface area contributed by atoms with Crippen LogP contribution in [-0.4, -0.2) is 16.2 Å². The number of halogens is 1. The number of aliphatic hydroxyl groups is 1. The number of aliphatic hydroxyl groups excluding tert-OH is 1. The van der Waals surface area contributed by atoms with Crippen LogP contribution >= 0.6 is 11.6 Å². The number of nitrogens with zero attached hydrogens (tertiary/aromatic N) is 1. The minimum absolute atomic E-state index is 0. The summed E-state index contributed by atoms with van der Waals surface area (Å²) in [6.45, 7) is 5.10. The summed E-state index contributed by atoms with van der Waals surface area (Å²) in [5.41, 5.74) is 0.968. The Morgan fingerprint density at radius 1 is 1.08 bits per heavy atom. The highest BCUT2D eigenvalue weighted by atomic mass is 35.5. The molecule has 8 atom stereocenters. The van der Waals surface area contributed by atoms with Gasteiger partial charge in [0.05, 0.1) is 22.0 Å². The van der Waals surface area contributed by atoms with E-state index in [1.54, 1.807) is 18.2 Å². The second-order valence-corrected chi connectivity index (χ2v) is 13.2. The number of para-hydroxylation sites is 1. The number of hydrogen-bond donors (Lipinski definition) is 1. The zero-order valence-corrected chi connectivity index (χ0v) is 22.0. The van der Waals surface area contributed by atoms with Gasteiger partial charge in [-0.1, -0.05) is 51.8 Å². The number of rotatable bonds is 4. The fourth-order valence-electron chi connectivity index (χ4n) is 9.55. The molecule has 4 aliphatic carbocycles. The zero-order chi connectivity index (χ0) is 24.4. The van der Waals surface area contributed by atoms with E-state index in [0.29, 0.717) is 62.7 Å². The molecule has 2 aromatic rings. The molecule has 4 nitrogen and oxygen atoms in total. The van der Waals surface area contributed by atoms with Gasteiger partial charge in [0.15, 0.2) is 5.89 Å². The normalized spacial score (nSPS) is 39.7. The smallest absolute Gasteiger partial charge is 0.346 e. The van der Waals surface area contributed by atoms with Crippen molar-refractivity contribution in [3.63, 3.8) is 0 Å². The predicted molar refractivity (Wildman–Crippen MR) is 146 cm³/mol. The van der Waals surface area contributed by atoms with E-state index < -0.39 is 0 Å². The lowest BCUT2D eigenvalue weighted by Crippen LogP contribution is -2.57. The van der Waals surface area contributed by atoms with Gasteiger partial charge in [-0.3, -0.25) is 0 Å². The Morgan fingerprint density at radius 3 is 2.72 bits per heavy atom. The molecule has 0 amide bonds. The molecular formula is C31H44ClNO3. The van der Waals surface area contributed by atoms with Gasteiger partial charge < -0.3 is 9.52 Å². The average Bonchev–Trinajstić information content (AvgIpc) is 3.16. The molecule has 1 aromatic heterocycles. The SMILES string of the molecule is C.CC12CCC3C(C(O)CC4CCCCC43C)C1CCC2CCCc1nc2c(Cl)cccc2c(=O)o1. The summed E-state index contributed by atoms with van der Waals surface area (Å²) >= 11 is 6.29. The van der Waals surface area contributed by atoms with E-state index in [2.05, 4.69) is 18.8 Å². The number of aromatic nitrogens is 1. The van der Waals surface area contributed by atoms with Crippen LogP contribution in [0.25, 0.3) is 10.9 Å². The lowest BCUT2D eigenvalue weighted by Gasteiger charge is -2.62. The van der Waals surface area contributed by atoms with Crippen LogP contribution < -0.4 is 5.63 Å². The third-order valence-corrected chi connectivity index (χ3v) is 11.7. The van der Waals surface area contributed by atoms with Gasteiger partial charge >= 0.3 is 5.63 Å². The first kappa shape index (κ1) is 26.2. The highest BCUT2D eigenvalue weighted by molar-refractivity contribution is 6.34. The molecule has 198 valence electrons. The first-order valence-electron chi connectivity index (χ1n) is 14.1. The Bertz CT molecular complexity index is 1160. The molecule has 4 saturated carbocycles. The summed E-state index contributed by atoms with van der Waals surface area (Å²) < 4.78 is 5.53. The maximum Gasteiger partial charge on any atom is 0.346 e. The second kappa shape index (κ2) is 9.73. The minimum atomic E-state index is -0.348. The monoisotopic (exact) mass is 513 g/mol. The number of benzene rings is 1. The Hall–Kier alpha value is -1.39. The average molecular weight is 514 g/mol. The van der Waals surface area contributed by atoms with Crippen LogP contribution in [0, 0.1) is 40.4 Å². The topological polar surface area (TPSA) is 63.3 Å². The van der Waals surface area contributed by atoms with Crippen molar-refractivity contribution in [2.75, 3.05) is 0 Å². The summed E-state index contributed by atoms with van der Waals surface area (Å²) in [5.74, 6) is 3.74. The third-order valence-electron chi connectivity index (χ3n) is 11.4. The molecule has 1 N–H and O–H groups in total. The fourth-order valence-corrected chi connectivity index (χ4v) is 9.76. The first-order valence-corrected chi connectivity index (χ1v) is 14.5. The van der Waals surface area contributed by atoms with Crippen LogP contribution in [0.2, 0.25) is 5.02 Å². The molecule has 36 heavy (non-hydrogen) atoms. The van der Waals surface area contributed by atoms with Crippen molar-refractivity contribution in [3.05, 3.63) is 39.5 Å². The molecule has 1 aromatic carbocycles. The van der Waals surface area contributed by atoms with Crippen LogP contribution in [0.4, 0.5) is 0 Å². The summed E-state index contributed by atoms with van der Waals surface area (Å²) in [6, 6.07) is 5.24. The second-order valence-electron chi connectivity index (χ2n) is 12.8. The van der Waals surface area contributed by atoms with Gasteiger partial charge in [0.2, 0.25) is 0 Å². The van der Waals surface area contributed by atoms with Crippen LogP contribution in [0.1, 0.15) is 97.8 Å². The van der Waals surface area contributed by atoms with Crippen molar-refractivity contribution in [2.45, 2.75) is 104 Å². The molecule has 1 heterocycles. The molecule has 0 aliphatic heterocycles. The first-order chi connectivity index (χ1) is 16.8. The Labute approximate surface area is 221 Å². The Balaban J connectivity index is 0.00000267. The van der Waals surface area contributed by atoms with Gasteiger partial charge in [0.25, 0.3) is 0 Å². The van der Waals surface area contributed by atoms with Crippen LogP contribution in [-0.2, 0) is 6.42 Å². The molecular weight excluding hydrogens is 470 g/mol. The lowest BCUT2D eigenvalue weighted by molar-refractivity contribution is -0.162. The molecule has 6 rings (SSSR count). The Morgan fingerprint density at radius 2 is 1.89 bits per heavy atom. The van der Waals surface area contributed by atoms with Gasteiger partial charge in [-0.05, 0) is 110 Å². The predicted octanol–water partition coefficient (Wildman–Crippen LogP) is 7.82. The molecule has 0 radical (unpaired) electrons. The van der Waals surface area contributed by atoms with Gasteiger partial charge in [0.1, 0.15) is 0 Å². The largest absolute Gasteiger partial charge is 0.408 e. The highest BCUT2D eigenvalue weighted by Gasteiger charge is 2.61. The maximum absolute atomic E-state index is 12.4. The Kier molecular flexibility index (Phi) is 7.09. The van der Waals surface area contributed by atoms with Crippen LogP contribution in [0.15, 0.2) is 27.4 Å². The summed E-state index contributed by atoms with van der Waals surface area (Å²) in [5, 5.41) is 12.4. The standard InChI is InChI=1S/C30H40ClNO3.CH4/c1-29-15-4-3-7-19(29)17-24(33)26-21-13-12-18(30(21,2)16-14-22(26)29)8-5-11-25-32-27-20(28(34)35-25)9-6-10-23(27)31;/h6,9-10,18-19,21-22,24,26,33H,3-5,7-8,11-17H2,1-2H3;1H4. The van der Waals surface area contributed by atoms with Gasteiger partial charge in [-0.25, -0.2) is 9.78 Å². The van der Waals surface area contributed by atoms with Crippen molar-refractivity contribution < 1.29 is 9.52 Å². The van der Waals surface area contributed by atoms with Crippen LogP contribution in [0.5, 0.6) is 0 Å². The minimum Gasteiger partial charge on any atom is -0.408 e. The van der Waals surface area contributed by atoms with E-state index in [1.807, 2.05) is 0 Å². The molecule has 0 saturated heterocycles. The van der Waals surface area contributed by atoms with Crippen LogP contribution in [0.3, 0.4) is 0 Å². The number of fused-ring (bicyclic) bond motifs is 6. The van der Waals surface area contributed by atoms with Gasteiger partial charge in [0, 0.05) is 6.42 Å². The lowest BCUT2D eigenvalue weighted by atomic mass is 9.44. The third kappa shape index (κ3) is 4.06. The van der Waals surface area contributed by atoms with E-state index in [-0.39, 0.29) is 19.2 Å².